The van der Waals surface area contributed by atoms with Crippen LogP contribution in [-0.4, -0.2) is 53.6 Å². The molecule has 1 aliphatic heterocycles. The molecule has 6 heteroatoms. The predicted octanol–water partition coefficient (Wildman–Crippen LogP) is 3.93. The number of nitrogens with zero attached hydrogens (tertiary/aromatic N) is 2. The Labute approximate surface area is 148 Å². The lowest BCUT2D eigenvalue weighted by molar-refractivity contribution is -0.138. The zero-order chi connectivity index (χ0) is 17.0. The van der Waals surface area contributed by atoms with Crippen LogP contribution in [0.25, 0.3) is 0 Å². The fraction of sp³-hybridized carbons (Fsp3) is 0.588. The van der Waals surface area contributed by atoms with Crippen molar-refractivity contribution in [1.29, 1.82) is 0 Å². The lowest BCUT2D eigenvalue weighted by Crippen LogP contribution is -2.36. The van der Waals surface area contributed by atoms with Gasteiger partial charge in [0, 0.05) is 18.6 Å². The van der Waals surface area contributed by atoms with E-state index in [-0.39, 0.29) is 12.6 Å². The lowest BCUT2D eigenvalue weighted by Gasteiger charge is -2.29. The molecule has 1 aromatic carbocycles. The van der Waals surface area contributed by atoms with Crippen LogP contribution in [0.3, 0.4) is 0 Å². The van der Waals surface area contributed by atoms with Crippen molar-refractivity contribution in [1.82, 2.24) is 9.80 Å². The summed E-state index contributed by atoms with van der Waals surface area (Å²) in [6, 6.07) is 6.41. The first kappa shape index (κ1) is 18.5. The minimum Gasteiger partial charge on any atom is -0.480 e. The van der Waals surface area contributed by atoms with Gasteiger partial charge in [0.1, 0.15) is 0 Å². The summed E-state index contributed by atoms with van der Waals surface area (Å²) in [5.41, 5.74) is 1.16. The molecule has 0 amide bonds. The monoisotopic (exact) mass is 358 g/mol. The molecular weight excluding hydrogens is 335 g/mol. The van der Waals surface area contributed by atoms with Gasteiger partial charge in [0.2, 0.25) is 0 Å². The second kappa shape index (κ2) is 8.34. The van der Waals surface area contributed by atoms with Crippen molar-refractivity contribution in [3.05, 3.63) is 33.8 Å². The van der Waals surface area contributed by atoms with Crippen molar-refractivity contribution in [3.8, 4) is 0 Å². The first-order chi connectivity index (χ1) is 10.9. The van der Waals surface area contributed by atoms with Crippen molar-refractivity contribution in [2.75, 3.05) is 26.7 Å². The second-order valence-corrected chi connectivity index (χ2v) is 7.09. The Hall–Kier alpha value is -0.810. The highest BCUT2D eigenvalue weighted by Crippen LogP contribution is 2.29. The molecule has 2 atom stereocenters. The summed E-state index contributed by atoms with van der Waals surface area (Å²) in [5, 5.41) is 10.1. The SMILES string of the molecule is CC(c1ccc(Cl)c(Cl)c1)N1CCCC(N(C)CC(=O)O)CC1. The largest absolute Gasteiger partial charge is 0.480 e. The Morgan fingerprint density at radius 1 is 1.35 bits per heavy atom. The third-order valence-electron chi connectivity index (χ3n) is 4.71. The number of likely N-dealkylation sites (N-methyl/N-ethyl adjacent to an activating group) is 1. The Morgan fingerprint density at radius 2 is 2.09 bits per heavy atom. The van der Waals surface area contributed by atoms with Crippen molar-refractivity contribution in [2.24, 2.45) is 0 Å². The van der Waals surface area contributed by atoms with E-state index in [0.29, 0.717) is 16.1 Å². The molecule has 1 fully saturated rings. The molecule has 1 heterocycles. The number of hydrogen-bond acceptors (Lipinski definition) is 3. The lowest BCUT2D eigenvalue weighted by atomic mass is 10.1. The summed E-state index contributed by atoms with van der Waals surface area (Å²) < 4.78 is 0. The number of carboxylic acids is 1. The van der Waals surface area contributed by atoms with Gasteiger partial charge in [0.15, 0.2) is 0 Å². The summed E-state index contributed by atoms with van der Waals surface area (Å²) in [7, 11) is 1.90. The smallest absolute Gasteiger partial charge is 0.317 e. The maximum atomic E-state index is 10.9. The number of hydrogen-bond donors (Lipinski definition) is 1. The molecule has 0 aliphatic carbocycles. The quantitative estimate of drug-likeness (QED) is 0.865. The normalized spacial score (nSPS) is 21.2. The van der Waals surface area contributed by atoms with Gasteiger partial charge in [0.05, 0.1) is 16.6 Å². The van der Waals surface area contributed by atoms with Crippen molar-refractivity contribution < 1.29 is 9.90 Å². The molecule has 1 N–H and O–H groups in total. The molecule has 1 aliphatic rings. The van der Waals surface area contributed by atoms with E-state index in [1.807, 2.05) is 30.1 Å². The van der Waals surface area contributed by atoms with Gasteiger partial charge in [-0.05, 0) is 57.5 Å². The number of benzene rings is 1. The van der Waals surface area contributed by atoms with Crippen LogP contribution >= 0.6 is 23.2 Å². The summed E-state index contributed by atoms with van der Waals surface area (Å²) >= 11 is 12.1. The molecule has 0 bridgehead atoms. The van der Waals surface area contributed by atoms with Gasteiger partial charge in [-0.1, -0.05) is 29.3 Å². The minimum atomic E-state index is -0.766. The Balaban J connectivity index is 1.99. The van der Waals surface area contributed by atoms with Gasteiger partial charge < -0.3 is 5.11 Å². The van der Waals surface area contributed by atoms with Gasteiger partial charge in [-0.2, -0.15) is 0 Å². The van der Waals surface area contributed by atoms with Crippen LogP contribution < -0.4 is 0 Å². The Kier molecular flexibility index (Phi) is 6.72. The number of halogens is 2. The van der Waals surface area contributed by atoms with Crippen LogP contribution in [0.15, 0.2) is 18.2 Å². The minimum absolute atomic E-state index is 0.104. The topological polar surface area (TPSA) is 43.8 Å². The molecule has 2 unspecified atom stereocenters. The van der Waals surface area contributed by atoms with E-state index in [1.165, 1.54) is 0 Å². The van der Waals surface area contributed by atoms with Gasteiger partial charge in [-0.25, -0.2) is 0 Å². The van der Waals surface area contributed by atoms with Crippen molar-refractivity contribution >= 4 is 29.2 Å². The molecule has 128 valence electrons. The highest BCUT2D eigenvalue weighted by molar-refractivity contribution is 6.42. The maximum Gasteiger partial charge on any atom is 0.317 e. The van der Waals surface area contributed by atoms with E-state index in [4.69, 9.17) is 28.3 Å². The first-order valence-electron chi connectivity index (χ1n) is 7.99. The maximum absolute atomic E-state index is 10.9. The fourth-order valence-electron chi connectivity index (χ4n) is 3.25. The summed E-state index contributed by atoms with van der Waals surface area (Å²) in [5.74, 6) is -0.766. The molecule has 1 saturated heterocycles. The molecular formula is C17H24Cl2N2O2. The average molecular weight is 359 g/mol. The molecule has 0 radical (unpaired) electrons. The van der Waals surface area contributed by atoms with E-state index in [1.54, 1.807) is 0 Å². The first-order valence-corrected chi connectivity index (χ1v) is 8.75. The Bertz CT molecular complexity index is 553. The van der Waals surface area contributed by atoms with Crippen LogP contribution in [0.4, 0.5) is 0 Å². The number of aliphatic carboxylic acids is 1. The van der Waals surface area contributed by atoms with E-state index in [9.17, 15) is 4.79 Å². The third-order valence-corrected chi connectivity index (χ3v) is 5.45. The molecule has 0 saturated carbocycles. The molecule has 0 spiro atoms. The van der Waals surface area contributed by atoms with Crippen molar-refractivity contribution in [2.45, 2.75) is 38.3 Å². The van der Waals surface area contributed by atoms with E-state index in [0.717, 1.165) is 37.9 Å². The third kappa shape index (κ3) is 5.08. The predicted molar refractivity (Wildman–Crippen MR) is 94.4 cm³/mol. The van der Waals surface area contributed by atoms with Crippen LogP contribution in [0.1, 0.15) is 37.8 Å². The highest BCUT2D eigenvalue weighted by Gasteiger charge is 2.24. The molecule has 0 aromatic heterocycles. The zero-order valence-corrected chi connectivity index (χ0v) is 15.1. The van der Waals surface area contributed by atoms with Crippen molar-refractivity contribution in [3.63, 3.8) is 0 Å². The highest BCUT2D eigenvalue weighted by atomic mass is 35.5. The van der Waals surface area contributed by atoms with Crippen LogP contribution in [0.2, 0.25) is 10.0 Å². The van der Waals surface area contributed by atoms with E-state index >= 15 is 0 Å². The molecule has 23 heavy (non-hydrogen) atoms. The number of carboxylic acid groups (broad SMARTS) is 1. The average Bonchev–Trinajstić information content (AvgIpc) is 2.74. The summed E-state index contributed by atoms with van der Waals surface area (Å²) in [6.07, 6.45) is 3.09. The van der Waals surface area contributed by atoms with Gasteiger partial charge in [0.25, 0.3) is 0 Å². The molecule has 4 nitrogen and oxygen atoms in total. The number of carbonyl (C=O) groups is 1. The van der Waals surface area contributed by atoms with Crippen LogP contribution in [0.5, 0.6) is 0 Å². The fourth-order valence-corrected chi connectivity index (χ4v) is 3.56. The van der Waals surface area contributed by atoms with Gasteiger partial charge >= 0.3 is 5.97 Å². The van der Waals surface area contributed by atoms with E-state index in [2.05, 4.69) is 11.8 Å². The second-order valence-electron chi connectivity index (χ2n) is 6.28. The number of rotatable bonds is 5. The van der Waals surface area contributed by atoms with Crippen LogP contribution in [-0.2, 0) is 4.79 Å². The van der Waals surface area contributed by atoms with Gasteiger partial charge in [-0.15, -0.1) is 0 Å². The molecule has 2 rings (SSSR count). The Morgan fingerprint density at radius 3 is 2.74 bits per heavy atom. The summed E-state index contributed by atoms with van der Waals surface area (Å²) in [6.45, 7) is 4.25. The van der Waals surface area contributed by atoms with E-state index < -0.39 is 5.97 Å². The van der Waals surface area contributed by atoms with Crippen LogP contribution in [0, 0.1) is 0 Å². The van der Waals surface area contributed by atoms with Gasteiger partial charge in [-0.3, -0.25) is 14.6 Å². The summed E-state index contributed by atoms with van der Waals surface area (Å²) in [4.78, 5) is 15.3. The molecule has 1 aromatic rings. The zero-order valence-electron chi connectivity index (χ0n) is 13.6. The number of likely N-dealkylation sites (tertiary alicyclic amines) is 1. The standard InChI is InChI=1S/C17H24Cl2N2O2/c1-12(13-5-6-15(18)16(19)10-13)21-8-3-4-14(7-9-21)20(2)11-17(22)23/h5-6,10,12,14H,3-4,7-9,11H2,1-2H3,(H,22,23).